The van der Waals surface area contributed by atoms with Crippen molar-refractivity contribution in [2.24, 2.45) is 5.73 Å². The Morgan fingerprint density at radius 1 is 1.33 bits per heavy atom. The normalized spacial score (nSPS) is 18.8. The Kier molecular flexibility index (Phi) is 3.77. The van der Waals surface area contributed by atoms with Gasteiger partial charge in [-0.1, -0.05) is 6.07 Å². The minimum Gasteiger partial charge on any atom is -0.468 e. The molecule has 0 bridgehead atoms. The van der Waals surface area contributed by atoms with Crippen LogP contribution in [0.15, 0.2) is 18.2 Å². The molecule has 1 aliphatic rings. The molecule has 0 saturated carbocycles. The van der Waals surface area contributed by atoms with Gasteiger partial charge in [0.05, 0.1) is 0 Å². The van der Waals surface area contributed by atoms with Crippen LogP contribution in [0, 0.1) is 0 Å². The SMILES string of the molecule is N[C@H]1CCc2cc(OCOCC(F)(F)F)ccc21. The predicted octanol–water partition coefficient (Wildman–Crippen LogP) is 2.55. The average Bonchev–Trinajstić information content (AvgIpc) is 2.65. The second-order valence-electron chi connectivity index (χ2n) is 4.23. The highest BCUT2D eigenvalue weighted by molar-refractivity contribution is 5.40. The Morgan fingerprint density at radius 3 is 2.83 bits per heavy atom. The maximum Gasteiger partial charge on any atom is 0.411 e. The van der Waals surface area contributed by atoms with E-state index in [2.05, 4.69) is 4.74 Å². The molecule has 0 saturated heterocycles. The number of alkyl halides is 3. The van der Waals surface area contributed by atoms with Crippen molar-refractivity contribution in [2.75, 3.05) is 13.4 Å². The molecule has 0 aliphatic heterocycles. The van der Waals surface area contributed by atoms with Crippen molar-refractivity contribution in [1.82, 2.24) is 0 Å². The van der Waals surface area contributed by atoms with Crippen molar-refractivity contribution >= 4 is 0 Å². The standard InChI is InChI=1S/C12H14F3NO2/c13-12(14,15)6-17-7-18-9-2-3-10-8(5-9)1-4-11(10)16/h2-3,5,11H,1,4,6-7,16H2/t11-/m0/s1. The van der Waals surface area contributed by atoms with Crippen LogP contribution >= 0.6 is 0 Å². The first-order valence-corrected chi connectivity index (χ1v) is 5.61. The molecule has 0 unspecified atom stereocenters. The Labute approximate surface area is 103 Å². The van der Waals surface area contributed by atoms with Gasteiger partial charge in [-0.2, -0.15) is 13.2 Å². The fourth-order valence-corrected chi connectivity index (χ4v) is 1.98. The third-order valence-electron chi connectivity index (χ3n) is 2.81. The van der Waals surface area contributed by atoms with E-state index in [-0.39, 0.29) is 6.04 Å². The van der Waals surface area contributed by atoms with Gasteiger partial charge in [0, 0.05) is 6.04 Å². The molecule has 0 spiro atoms. The third kappa shape index (κ3) is 3.36. The predicted molar refractivity (Wildman–Crippen MR) is 59.2 cm³/mol. The van der Waals surface area contributed by atoms with E-state index in [1.165, 1.54) is 0 Å². The summed E-state index contributed by atoms with van der Waals surface area (Å²) in [5.74, 6) is 0.505. The van der Waals surface area contributed by atoms with E-state index in [1.54, 1.807) is 12.1 Å². The molecule has 1 aliphatic carbocycles. The van der Waals surface area contributed by atoms with Gasteiger partial charge >= 0.3 is 6.18 Å². The summed E-state index contributed by atoms with van der Waals surface area (Å²) in [6.07, 6.45) is -2.56. The fraction of sp³-hybridized carbons (Fsp3) is 0.500. The average molecular weight is 261 g/mol. The molecule has 0 heterocycles. The van der Waals surface area contributed by atoms with Crippen molar-refractivity contribution in [3.8, 4) is 5.75 Å². The highest BCUT2D eigenvalue weighted by Gasteiger charge is 2.27. The van der Waals surface area contributed by atoms with Crippen molar-refractivity contribution in [1.29, 1.82) is 0 Å². The van der Waals surface area contributed by atoms with Crippen molar-refractivity contribution in [3.05, 3.63) is 29.3 Å². The van der Waals surface area contributed by atoms with Crippen LogP contribution in [0.3, 0.4) is 0 Å². The van der Waals surface area contributed by atoms with Crippen LogP contribution in [0.5, 0.6) is 5.75 Å². The molecular formula is C12H14F3NO2. The summed E-state index contributed by atoms with van der Waals surface area (Å²) in [5.41, 5.74) is 8.05. The van der Waals surface area contributed by atoms with Crippen molar-refractivity contribution in [3.63, 3.8) is 0 Å². The van der Waals surface area contributed by atoms with E-state index in [4.69, 9.17) is 10.5 Å². The third-order valence-corrected chi connectivity index (χ3v) is 2.81. The minimum absolute atomic E-state index is 0.0514. The van der Waals surface area contributed by atoms with Gasteiger partial charge in [-0.15, -0.1) is 0 Å². The van der Waals surface area contributed by atoms with Crippen molar-refractivity contribution in [2.45, 2.75) is 25.1 Å². The topological polar surface area (TPSA) is 44.5 Å². The minimum atomic E-state index is -4.33. The summed E-state index contributed by atoms with van der Waals surface area (Å²) in [6, 6.07) is 5.40. The Bertz CT molecular complexity index is 420. The van der Waals surface area contributed by atoms with Crippen LogP contribution in [0.1, 0.15) is 23.6 Å². The van der Waals surface area contributed by atoms with Gasteiger partial charge in [-0.25, -0.2) is 0 Å². The number of fused-ring (bicyclic) bond motifs is 1. The summed E-state index contributed by atoms with van der Waals surface area (Å²) in [7, 11) is 0. The molecule has 0 radical (unpaired) electrons. The maximum atomic E-state index is 11.8. The van der Waals surface area contributed by atoms with E-state index in [9.17, 15) is 13.2 Å². The molecule has 1 aromatic carbocycles. The van der Waals surface area contributed by atoms with Gasteiger partial charge in [0.1, 0.15) is 12.4 Å². The molecule has 2 N–H and O–H groups in total. The van der Waals surface area contributed by atoms with Crippen LogP contribution in [0.2, 0.25) is 0 Å². The largest absolute Gasteiger partial charge is 0.468 e. The molecule has 1 atom stereocenters. The van der Waals surface area contributed by atoms with Crippen LogP contribution in [0.25, 0.3) is 0 Å². The maximum absolute atomic E-state index is 11.8. The van der Waals surface area contributed by atoms with Crippen LogP contribution < -0.4 is 10.5 Å². The van der Waals surface area contributed by atoms with Gasteiger partial charge in [0.2, 0.25) is 0 Å². The molecule has 18 heavy (non-hydrogen) atoms. The monoisotopic (exact) mass is 261 g/mol. The first kappa shape index (κ1) is 13.2. The summed E-state index contributed by atoms with van der Waals surface area (Å²) in [5, 5.41) is 0. The first-order chi connectivity index (χ1) is 8.46. The number of aryl methyl sites for hydroxylation is 1. The Hall–Kier alpha value is -1.27. The number of hydrogen-bond donors (Lipinski definition) is 1. The molecule has 0 fully saturated rings. The molecule has 1 aromatic rings. The highest BCUT2D eigenvalue weighted by atomic mass is 19.4. The molecular weight excluding hydrogens is 247 g/mol. The van der Waals surface area contributed by atoms with Gasteiger partial charge in [-0.05, 0) is 36.1 Å². The number of benzene rings is 1. The number of rotatable bonds is 4. The van der Waals surface area contributed by atoms with Gasteiger partial charge in [-0.3, -0.25) is 0 Å². The molecule has 6 heteroatoms. The van der Waals surface area contributed by atoms with Crippen LogP contribution in [0.4, 0.5) is 13.2 Å². The van der Waals surface area contributed by atoms with Crippen molar-refractivity contribution < 1.29 is 22.6 Å². The summed E-state index contributed by atoms with van der Waals surface area (Å²) in [6.45, 7) is -1.72. The van der Waals surface area contributed by atoms with E-state index in [0.717, 1.165) is 24.0 Å². The van der Waals surface area contributed by atoms with E-state index in [1.807, 2.05) is 6.07 Å². The quantitative estimate of drug-likeness (QED) is 0.669. The summed E-state index contributed by atoms with van der Waals surface area (Å²) in [4.78, 5) is 0. The number of ether oxygens (including phenoxy) is 2. The second kappa shape index (κ2) is 5.16. The smallest absolute Gasteiger partial charge is 0.411 e. The summed E-state index contributed by atoms with van der Waals surface area (Å²) < 4.78 is 44.9. The molecule has 3 nitrogen and oxygen atoms in total. The lowest BCUT2D eigenvalue weighted by molar-refractivity contribution is -0.186. The van der Waals surface area contributed by atoms with Gasteiger partial charge in [0.25, 0.3) is 0 Å². The number of hydrogen-bond acceptors (Lipinski definition) is 3. The van der Waals surface area contributed by atoms with Crippen LogP contribution in [-0.2, 0) is 11.2 Å². The van der Waals surface area contributed by atoms with Crippen LogP contribution in [-0.4, -0.2) is 19.6 Å². The lowest BCUT2D eigenvalue weighted by Crippen LogP contribution is -2.19. The zero-order valence-corrected chi connectivity index (χ0v) is 9.67. The zero-order valence-electron chi connectivity index (χ0n) is 9.67. The highest BCUT2D eigenvalue weighted by Crippen LogP contribution is 2.31. The van der Waals surface area contributed by atoms with E-state index in [0.29, 0.717) is 5.75 Å². The molecule has 0 aromatic heterocycles. The molecule has 100 valence electrons. The first-order valence-electron chi connectivity index (χ1n) is 5.61. The zero-order chi connectivity index (χ0) is 13.2. The summed E-state index contributed by atoms with van der Waals surface area (Å²) >= 11 is 0. The Morgan fingerprint density at radius 2 is 2.11 bits per heavy atom. The molecule has 2 rings (SSSR count). The van der Waals surface area contributed by atoms with Gasteiger partial charge in [0.15, 0.2) is 6.79 Å². The lowest BCUT2D eigenvalue weighted by atomic mass is 10.1. The number of nitrogens with two attached hydrogens (primary N) is 1. The van der Waals surface area contributed by atoms with E-state index < -0.39 is 19.6 Å². The molecule has 0 amide bonds. The van der Waals surface area contributed by atoms with E-state index >= 15 is 0 Å². The Balaban J connectivity index is 1.84. The number of halogens is 3. The lowest BCUT2D eigenvalue weighted by Gasteiger charge is -2.11. The fourth-order valence-electron chi connectivity index (χ4n) is 1.98. The van der Waals surface area contributed by atoms with Gasteiger partial charge < -0.3 is 15.2 Å². The second-order valence-corrected chi connectivity index (χ2v) is 4.23.